The number of hydrogen-bond donors (Lipinski definition) is 2. The zero-order valence-corrected chi connectivity index (χ0v) is 25.5. The van der Waals surface area contributed by atoms with E-state index in [9.17, 15) is 9.59 Å². The standard InChI is InChI=1S/C34H33N3O8/c1-40-26-16-24-25(17-27(26)45-18-19-6-8-21(35)9-7-19)33(38)37(23-12-10-22(36)11-13-23)31(34(39)44-5)30(24)20-14-28(41-2)32(43-4)29(15-20)42-3/h6-17H,18,35-36H2,1-5H3. The lowest BCUT2D eigenvalue weighted by molar-refractivity contribution is 0.0591. The average molecular weight is 612 g/mol. The Balaban J connectivity index is 1.89. The molecule has 5 aromatic rings. The van der Waals surface area contributed by atoms with Crippen molar-refractivity contribution in [3.63, 3.8) is 0 Å². The molecule has 232 valence electrons. The maximum atomic E-state index is 14.4. The molecule has 0 bridgehead atoms. The van der Waals surface area contributed by atoms with Gasteiger partial charge in [-0.3, -0.25) is 9.36 Å². The molecule has 0 atom stereocenters. The normalized spacial score (nSPS) is 10.8. The van der Waals surface area contributed by atoms with Gasteiger partial charge in [-0.25, -0.2) is 4.79 Å². The maximum Gasteiger partial charge on any atom is 0.355 e. The third-order valence-corrected chi connectivity index (χ3v) is 7.32. The monoisotopic (exact) mass is 611 g/mol. The summed E-state index contributed by atoms with van der Waals surface area (Å²) in [7, 11) is 7.21. The van der Waals surface area contributed by atoms with Crippen LogP contribution in [0, 0.1) is 0 Å². The van der Waals surface area contributed by atoms with E-state index in [2.05, 4.69) is 0 Å². The van der Waals surface area contributed by atoms with Gasteiger partial charge in [0.2, 0.25) is 5.75 Å². The minimum absolute atomic E-state index is 0.0355. The number of fused-ring (bicyclic) bond motifs is 1. The van der Waals surface area contributed by atoms with E-state index in [0.29, 0.717) is 62.3 Å². The molecular formula is C34H33N3O8. The molecule has 5 rings (SSSR count). The number of nitrogens with zero attached hydrogens (tertiary/aromatic N) is 1. The molecule has 0 radical (unpaired) electrons. The van der Waals surface area contributed by atoms with Gasteiger partial charge in [-0.05, 0) is 71.8 Å². The summed E-state index contributed by atoms with van der Waals surface area (Å²) in [5.74, 6) is 0.956. The number of carbonyl (C=O) groups is 1. The number of nitrogens with two attached hydrogens (primary N) is 2. The average Bonchev–Trinajstić information content (AvgIpc) is 3.07. The molecular weight excluding hydrogens is 578 g/mol. The van der Waals surface area contributed by atoms with Gasteiger partial charge in [0.05, 0.1) is 40.9 Å². The first-order chi connectivity index (χ1) is 21.7. The molecule has 0 saturated carbocycles. The highest BCUT2D eigenvalue weighted by atomic mass is 16.5. The van der Waals surface area contributed by atoms with Gasteiger partial charge in [0, 0.05) is 28.0 Å². The summed E-state index contributed by atoms with van der Waals surface area (Å²) in [6.45, 7) is 0.189. The number of carbonyl (C=O) groups excluding carboxylic acids is 1. The van der Waals surface area contributed by atoms with Gasteiger partial charge in [0.15, 0.2) is 23.0 Å². The summed E-state index contributed by atoms with van der Waals surface area (Å²) in [6, 6.07) is 20.5. The van der Waals surface area contributed by atoms with Crippen molar-refractivity contribution >= 4 is 28.1 Å². The Morgan fingerprint density at radius 3 is 1.78 bits per heavy atom. The van der Waals surface area contributed by atoms with Crippen LogP contribution in [-0.2, 0) is 11.3 Å². The SMILES string of the molecule is COC(=O)c1c(-c2cc(OC)c(OC)c(OC)c2)c2cc(OC)c(OCc3ccc(N)cc3)cc2c(=O)n1-c1ccc(N)cc1. The molecule has 0 amide bonds. The predicted octanol–water partition coefficient (Wildman–Crippen LogP) is 5.22. The van der Waals surface area contributed by atoms with E-state index >= 15 is 0 Å². The molecule has 0 aliphatic carbocycles. The fourth-order valence-corrected chi connectivity index (χ4v) is 5.13. The summed E-state index contributed by atoms with van der Waals surface area (Å²) in [5, 5.41) is 0.648. The first-order valence-corrected chi connectivity index (χ1v) is 13.8. The van der Waals surface area contributed by atoms with Gasteiger partial charge < -0.3 is 39.9 Å². The predicted molar refractivity (Wildman–Crippen MR) is 172 cm³/mol. The second kappa shape index (κ2) is 12.8. The van der Waals surface area contributed by atoms with Crippen LogP contribution in [0.15, 0.2) is 77.6 Å². The zero-order chi connectivity index (χ0) is 32.2. The van der Waals surface area contributed by atoms with Crippen molar-refractivity contribution in [1.82, 2.24) is 4.57 Å². The fraction of sp³-hybridized carbons (Fsp3) is 0.176. The summed E-state index contributed by atoms with van der Waals surface area (Å²) in [6.07, 6.45) is 0. The van der Waals surface area contributed by atoms with Crippen LogP contribution in [0.4, 0.5) is 11.4 Å². The van der Waals surface area contributed by atoms with E-state index in [-0.39, 0.29) is 17.7 Å². The van der Waals surface area contributed by atoms with Crippen molar-refractivity contribution in [2.24, 2.45) is 0 Å². The Bertz CT molecular complexity index is 1910. The van der Waals surface area contributed by atoms with Gasteiger partial charge >= 0.3 is 5.97 Å². The lowest BCUT2D eigenvalue weighted by Gasteiger charge is -2.21. The number of hydrogen-bond acceptors (Lipinski definition) is 10. The number of methoxy groups -OCH3 is 5. The van der Waals surface area contributed by atoms with Crippen LogP contribution >= 0.6 is 0 Å². The van der Waals surface area contributed by atoms with Crippen molar-refractivity contribution in [1.29, 1.82) is 0 Å². The van der Waals surface area contributed by atoms with Crippen LogP contribution in [0.3, 0.4) is 0 Å². The molecule has 0 aliphatic heterocycles. The van der Waals surface area contributed by atoms with Gasteiger partial charge in [0.25, 0.3) is 5.56 Å². The minimum atomic E-state index is -0.753. The van der Waals surface area contributed by atoms with Gasteiger partial charge in [-0.15, -0.1) is 0 Å². The first kappa shape index (κ1) is 30.6. The molecule has 0 unspecified atom stereocenters. The summed E-state index contributed by atoms with van der Waals surface area (Å²) >= 11 is 0. The largest absolute Gasteiger partial charge is 0.493 e. The van der Waals surface area contributed by atoms with Gasteiger partial charge in [0.1, 0.15) is 12.3 Å². The van der Waals surface area contributed by atoms with Crippen molar-refractivity contribution < 1.29 is 33.2 Å². The van der Waals surface area contributed by atoms with Crippen LogP contribution < -0.4 is 40.7 Å². The second-order valence-electron chi connectivity index (χ2n) is 9.94. The number of ether oxygens (including phenoxy) is 6. The lowest BCUT2D eigenvalue weighted by atomic mass is 9.95. The third-order valence-electron chi connectivity index (χ3n) is 7.32. The number of rotatable bonds is 10. The molecule has 11 nitrogen and oxygen atoms in total. The smallest absolute Gasteiger partial charge is 0.355 e. The van der Waals surface area contributed by atoms with Crippen molar-refractivity contribution in [2.45, 2.75) is 6.61 Å². The zero-order valence-electron chi connectivity index (χ0n) is 25.5. The maximum absolute atomic E-state index is 14.4. The Morgan fingerprint density at radius 2 is 1.24 bits per heavy atom. The minimum Gasteiger partial charge on any atom is -0.493 e. The molecule has 45 heavy (non-hydrogen) atoms. The number of anilines is 2. The van der Waals surface area contributed by atoms with E-state index in [1.54, 1.807) is 60.7 Å². The molecule has 0 spiro atoms. The van der Waals surface area contributed by atoms with Crippen LogP contribution in [0.5, 0.6) is 28.7 Å². The molecule has 0 saturated heterocycles. The highest BCUT2D eigenvalue weighted by Gasteiger charge is 2.28. The van der Waals surface area contributed by atoms with Crippen molar-refractivity contribution in [2.75, 3.05) is 47.0 Å². The van der Waals surface area contributed by atoms with Gasteiger partial charge in [-0.1, -0.05) is 12.1 Å². The molecule has 1 heterocycles. The van der Waals surface area contributed by atoms with Crippen LogP contribution in [0.1, 0.15) is 16.1 Å². The van der Waals surface area contributed by atoms with E-state index in [1.807, 2.05) is 12.1 Å². The summed E-state index contributed by atoms with van der Waals surface area (Å²) in [5.41, 5.74) is 14.5. The van der Waals surface area contributed by atoms with E-state index in [0.717, 1.165) is 5.56 Å². The fourth-order valence-electron chi connectivity index (χ4n) is 5.13. The van der Waals surface area contributed by atoms with E-state index < -0.39 is 11.5 Å². The number of nitrogen functional groups attached to an aromatic ring is 2. The summed E-state index contributed by atoms with van der Waals surface area (Å²) in [4.78, 5) is 28.0. The first-order valence-electron chi connectivity index (χ1n) is 13.8. The summed E-state index contributed by atoms with van der Waals surface area (Å²) < 4.78 is 35.2. The number of esters is 1. The Hall–Kier alpha value is -5.84. The molecule has 0 aliphatic rings. The second-order valence-corrected chi connectivity index (χ2v) is 9.94. The van der Waals surface area contributed by atoms with E-state index in [1.165, 1.54) is 40.1 Å². The number of aromatic nitrogens is 1. The Morgan fingerprint density at radius 1 is 0.689 bits per heavy atom. The third kappa shape index (κ3) is 5.75. The van der Waals surface area contributed by atoms with E-state index in [4.69, 9.17) is 39.9 Å². The molecule has 4 N–H and O–H groups in total. The quantitative estimate of drug-likeness (QED) is 0.159. The van der Waals surface area contributed by atoms with Crippen LogP contribution in [0.25, 0.3) is 27.6 Å². The number of benzene rings is 4. The Kier molecular flexibility index (Phi) is 8.71. The topological polar surface area (TPSA) is 146 Å². The number of pyridine rings is 1. The highest BCUT2D eigenvalue weighted by Crippen LogP contribution is 2.45. The molecule has 0 fully saturated rings. The molecule has 1 aromatic heterocycles. The van der Waals surface area contributed by atoms with Crippen molar-refractivity contribution in [3.8, 4) is 45.6 Å². The van der Waals surface area contributed by atoms with Gasteiger partial charge in [-0.2, -0.15) is 0 Å². The van der Waals surface area contributed by atoms with Crippen molar-refractivity contribution in [3.05, 3.63) is 94.4 Å². The van der Waals surface area contributed by atoms with Crippen LogP contribution in [-0.4, -0.2) is 46.1 Å². The highest BCUT2D eigenvalue weighted by molar-refractivity contribution is 6.08. The van der Waals surface area contributed by atoms with Crippen LogP contribution in [0.2, 0.25) is 0 Å². The lowest BCUT2D eigenvalue weighted by Crippen LogP contribution is -2.27. The Labute approximate surface area is 259 Å². The molecule has 11 heteroatoms. The molecule has 4 aromatic carbocycles.